The molecular formula is C12H13BrN2O2. The second kappa shape index (κ2) is 5.31. The third-order valence-corrected chi connectivity index (χ3v) is 3.03. The first kappa shape index (κ1) is 12.1. The molecule has 0 radical (unpaired) electrons. The molecule has 1 heterocycles. The minimum absolute atomic E-state index is 0.675. The molecule has 0 spiro atoms. The van der Waals surface area contributed by atoms with E-state index in [2.05, 4.69) is 26.1 Å². The molecule has 0 aliphatic carbocycles. The quantitative estimate of drug-likeness (QED) is 0.870. The molecule has 1 aromatic heterocycles. The second-order valence-corrected chi connectivity index (χ2v) is 4.56. The highest BCUT2D eigenvalue weighted by Crippen LogP contribution is 2.25. The number of aromatic nitrogens is 2. The Bertz CT molecular complexity index is 511. The van der Waals surface area contributed by atoms with Crippen molar-refractivity contribution in [3.63, 3.8) is 0 Å². The highest BCUT2D eigenvalue weighted by atomic mass is 79.9. The van der Waals surface area contributed by atoms with Crippen LogP contribution < -0.4 is 4.74 Å². The van der Waals surface area contributed by atoms with Crippen LogP contribution in [-0.4, -0.2) is 17.3 Å². The maximum atomic E-state index is 5.18. The van der Waals surface area contributed by atoms with Gasteiger partial charge in [0.2, 0.25) is 5.89 Å². The fourth-order valence-electron chi connectivity index (χ4n) is 1.56. The van der Waals surface area contributed by atoms with Crippen molar-refractivity contribution in [1.82, 2.24) is 10.1 Å². The maximum absolute atomic E-state index is 5.18. The predicted molar refractivity (Wildman–Crippen MR) is 67.1 cm³/mol. The number of benzene rings is 1. The Morgan fingerprint density at radius 3 is 2.76 bits per heavy atom. The van der Waals surface area contributed by atoms with E-state index in [0.29, 0.717) is 11.7 Å². The summed E-state index contributed by atoms with van der Waals surface area (Å²) in [6.45, 7) is 1.82. The van der Waals surface area contributed by atoms with Crippen LogP contribution in [0.3, 0.4) is 0 Å². The Morgan fingerprint density at radius 1 is 1.35 bits per heavy atom. The molecule has 2 aromatic rings. The molecule has 0 aliphatic heterocycles. The van der Waals surface area contributed by atoms with Crippen molar-refractivity contribution in [1.29, 1.82) is 0 Å². The number of rotatable bonds is 4. The highest BCUT2D eigenvalue weighted by Gasteiger charge is 2.05. The number of hydrogen-bond donors (Lipinski definition) is 0. The third-order valence-electron chi connectivity index (χ3n) is 2.41. The van der Waals surface area contributed by atoms with Gasteiger partial charge in [0.25, 0.3) is 0 Å². The smallest absolute Gasteiger partial charge is 0.226 e. The maximum Gasteiger partial charge on any atom is 0.226 e. The van der Waals surface area contributed by atoms with Gasteiger partial charge in [-0.05, 0) is 47.0 Å². The molecule has 17 heavy (non-hydrogen) atoms. The number of nitrogens with zero attached hydrogens (tertiary/aromatic N) is 2. The summed E-state index contributed by atoms with van der Waals surface area (Å²) in [6.07, 6.45) is 1.61. The van der Waals surface area contributed by atoms with Gasteiger partial charge in [0.1, 0.15) is 5.75 Å². The lowest BCUT2D eigenvalue weighted by Crippen LogP contribution is -1.93. The fraction of sp³-hybridized carbons (Fsp3) is 0.333. The van der Waals surface area contributed by atoms with E-state index >= 15 is 0 Å². The van der Waals surface area contributed by atoms with Gasteiger partial charge in [-0.2, -0.15) is 4.98 Å². The molecule has 4 nitrogen and oxygen atoms in total. The van der Waals surface area contributed by atoms with Crippen molar-refractivity contribution >= 4 is 15.9 Å². The van der Waals surface area contributed by atoms with Crippen molar-refractivity contribution < 1.29 is 9.26 Å². The molecule has 5 heteroatoms. The van der Waals surface area contributed by atoms with Crippen LogP contribution in [0.15, 0.2) is 27.2 Å². The van der Waals surface area contributed by atoms with Crippen LogP contribution in [-0.2, 0) is 12.8 Å². The topological polar surface area (TPSA) is 48.2 Å². The van der Waals surface area contributed by atoms with Gasteiger partial charge in [0.05, 0.1) is 11.6 Å². The van der Waals surface area contributed by atoms with Crippen LogP contribution in [0.5, 0.6) is 5.75 Å². The van der Waals surface area contributed by atoms with Crippen molar-refractivity contribution in [2.75, 3.05) is 7.11 Å². The zero-order valence-electron chi connectivity index (χ0n) is 9.74. The monoisotopic (exact) mass is 296 g/mol. The molecule has 1 aromatic carbocycles. The Labute approximate surface area is 108 Å². The molecule has 0 atom stereocenters. The average Bonchev–Trinajstić information content (AvgIpc) is 2.73. The molecule has 0 fully saturated rings. The normalized spacial score (nSPS) is 10.5. The minimum Gasteiger partial charge on any atom is -0.496 e. The zero-order chi connectivity index (χ0) is 12.3. The largest absolute Gasteiger partial charge is 0.496 e. The summed E-state index contributed by atoms with van der Waals surface area (Å²) in [5.41, 5.74) is 1.20. The lowest BCUT2D eigenvalue weighted by atomic mass is 10.1. The van der Waals surface area contributed by atoms with E-state index in [1.165, 1.54) is 5.56 Å². The summed E-state index contributed by atoms with van der Waals surface area (Å²) >= 11 is 3.46. The third kappa shape index (κ3) is 3.06. The highest BCUT2D eigenvalue weighted by molar-refractivity contribution is 9.10. The molecule has 2 rings (SSSR count). The van der Waals surface area contributed by atoms with Crippen LogP contribution in [0, 0.1) is 6.92 Å². The number of aryl methyl sites for hydroxylation is 3. The number of methoxy groups -OCH3 is 1. The van der Waals surface area contributed by atoms with Gasteiger partial charge in [-0.3, -0.25) is 0 Å². The van der Waals surface area contributed by atoms with Gasteiger partial charge in [0, 0.05) is 6.42 Å². The van der Waals surface area contributed by atoms with Gasteiger partial charge in [-0.25, -0.2) is 0 Å². The summed E-state index contributed by atoms with van der Waals surface area (Å²) in [7, 11) is 1.65. The summed E-state index contributed by atoms with van der Waals surface area (Å²) in [4.78, 5) is 4.17. The first-order valence-electron chi connectivity index (χ1n) is 5.30. The molecule has 0 N–H and O–H groups in total. The molecule has 90 valence electrons. The minimum atomic E-state index is 0.675. The summed E-state index contributed by atoms with van der Waals surface area (Å²) in [6, 6.07) is 6.02. The molecule has 0 amide bonds. The van der Waals surface area contributed by atoms with Crippen LogP contribution in [0.2, 0.25) is 0 Å². The lowest BCUT2D eigenvalue weighted by molar-refractivity contribution is 0.374. The van der Waals surface area contributed by atoms with Crippen LogP contribution in [0.25, 0.3) is 0 Å². The summed E-state index contributed by atoms with van der Waals surface area (Å²) in [5.74, 6) is 2.19. The van der Waals surface area contributed by atoms with Crippen molar-refractivity contribution in [2.24, 2.45) is 0 Å². The van der Waals surface area contributed by atoms with Gasteiger partial charge < -0.3 is 9.26 Å². The average molecular weight is 297 g/mol. The van der Waals surface area contributed by atoms with Crippen LogP contribution in [0.4, 0.5) is 0 Å². The van der Waals surface area contributed by atoms with E-state index in [9.17, 15) is 0 Å². The first-order valence-corrected chi connectivity index (χ1v) is 6.10. The van der Waals surface area contributed by atoms with Crippen LogP contribution >= 0.6 is 15.9 Å². The first-order chi connectivity index (χ1) is 8.19. The molecule has 0 saturated carbocycles. The second-order valence-electron chi connectivity index (χ2n) is 3.70. The van der Waals surface area contributed by atoms with E-state index in [1.54, 1.807) is 7.11 Å². The Balaban J connectivity index is 2.02. The zero-order valence-corrected chi connectivity index (χ0v) is 11.3. The molecular weight excluding hydrogens is 284 g/mol. The molecule has 0 saturated heterocycles. The van der Waals surface area contributed by atoms with E-state index in [0.717, 1.165) is 23.1 Å². The van der Waals surface area contributed by atoms with Crippen molar-refractivity contribution in [3.8, 4) is 5.75 Å². The van der Waals surface area contributed by atoms with E-state index in [1.807, 2.05) is 25.1 Å². The Morgan fingerprint density at radius 2 is 2.18 bits per heavy atom. The molecule has 0 bridgehead atoms. The summed E-state index contributed by atoms with van der Waals surface area (Å²) < 4.78 is 11.2. The number of halogens is 1. The Kier molecular flexibility index (Phi) is 3.78. The molecule has 0 unspecified atom stereocenters. The Hall–Kier alpha value is -1.36. The van der Waals surface area contributed by atoms with E-state index in [4.69, 9.17) is 9.26 Å². The van der Waals surface area contributed by atoms with Crippen LogP contribution in [0.1, 0.15) is 17.3 Å². The number of ether oxygens (including phenoxy) is 1. The van der Waals surface area contributed by atoms with Gasteiger partial charge in [-0.1, -0.05) is 11.2 Å². The van der Waals surface area contributed by atoms with Gasteiger partial charge in [-0.15, -0.1) is 0 Å². The van der Waals surface area contributed by atoms with E-state index in [-0.39, 0.29) is 0 Å². The number of hydrogen-bond acceptors (Lipinski definition) is 4. The SMILES string of the molecule is COc1ccc(CCc2nc(C)no2)cc1Br. The van der Waals surface area contributed by atoms with Crippen molar-refractivity contribution in [2.45, 2.75) is 19.8 Å². The standard InChI is InChI=1S/C12H13BrN2O2/c1-8-14-12(17-15-8)6-4-9-3-5-11(16-2)10(13)7-9/h3,5,7H,4,6H2,1-2H3. The van der Waals surface area contributed by atoms with Gasteiger partial charge >= 0.3 is 0 Å². The lowest BCUT2D eigenvalue weighted by Gasteiger charge is -2.05. The predicted octanol–water partition coefficient (Wildman–Crippen LogP) is 2.93. The van der Waals surface area contributed by atoms with Crippen molar-refractivity contribution in [3.05, 3.63) is 40.0 Å². The molecule has 0 aliphatic rings. The summed E-state index contributed by atoms with van der Waals surface area (Å²) in [5, 5.41) is 3.76. The van der Waals surface area contributed by atoms with E-state index < -0.39 is 0 Å². The fourth-order valence-corrected chi connectivity index (χ4v) is 2.15. The van der Waals surface area contributed by atoms with Gasteiger partial charge in [0.15, 0.2) is 5.82 Å².